The van der Waals surface area contributed by atoms with Crippen LogP contribution in [0.2, 0.25) is 0 Å². The van der Waals surface area contributed by atoms with Crippen LogP contribution in [0, 0.1) is 13.8 Å². The van der Waals surface area contributed by atoms with Crippen molar-refractivity contribution in [3.8, 4) is 5.69 Å². The molecule has 1 amide bonds. The Morgan fingerprint density at radius 2 is 1.58 bits per heavy atom. The molecule has 0 fully saturated rings. The molecule has 0 radical (unpaired) electrons. The van der Waals surface area contributed by atoms with Gasteiger partial charge in [0.2, 0.25) is 6.10 Å². The van der Waals surface area contributed by atoms with Gasteiger partial charge in [-0.1, -0.05) is 48.5 Å². The maximum absolute atomic E-state index is 12.7. The minimum atomic E-state index is -1.15. The smallest absolute Gasteiger partial charge is 0.343 e. The number of hydrogen-bond acceptors (Lipinski definition) is 4. The molecule has 1 atom stereocenters. The fraction of sp³-hybridized carbons (Fsp3) is 0.150. The predicted octanol–water partition coefficient (Wildman–Crippen LogP) is 2.87. The van der Waals surface area contributed by atoms with E-state index in [1.54, 1.807) is 42.8 Å². The number of amides is 1. The van der Waals surface area contributed by atoms with Crippen molar-refractivity contribution in [1.82, 2.24) is 9.78 Å². The van der Waals surface area contributed by atoms with E-state index in [9.17, 15) is 9.59 Å². The lowest BCUT2D eigenvalue weighted by atomic mass is 10.1. The van der Waals surface area contributed by atoms with Crippen LogP contribution in [0.4, 0.5) is 0 Å². The van der Waals surface area contributed by atoms with Gasteiger partial charge in [0.05, 0.1) is 17.1 Å². The molecule has 132 valence electrons. The van der Waals surface area contributed by atoms with Gasteiger partial charge in [-0.25, -0.2) is 9.48 Å². The molecular formula is C20H19N3O3. The second-order valence-electron chi connectivity index (χ2n) is 5.89. The Labute approximate surface area is 151 Å². The van der Waals surface area contributed by atoms with Crippen molar-refractivity contribution in [1.29, 1.82) is 0 Å². The van der Waals surface area contributed by atoms with Crippen LogP contribution in [0.15, 0.2) is 60.7 Å². The topological polar surface area (TPSA) is 87.2 Å². The molecule has 0 aliphatic heterocycles. The molecule has 6 heteroatoms. The van der Waals surface area contributed by atoms with Crippen LogP contribution in [0.25, 0.3) is 5.69 Å². The molecular weight excluding hydrogens is 330 g/mol. The van der Waals surface area contributed by atoms with Crippen LogP contribution < -0.4 is 5.73 Å². The van der Waals surface area contributed by atoms with E-state index in [0.717, 1.165) is 5.69 Å². The van der Waals surface area contributed by atoms with Gasteiger partial charge in [-0.05, 0) is 26.0 Å². The first kappa shape index (κ1) is 17.4. The maximum Gasteiger partial charge on any atom is 0.343 e. The second-order valence-corrected chi connectivity index (χ2v) is 5.89. The third kappa shape index (κ3) is 3.35. The summed E-state index contributed by atoms with van der Waals surface area (Å²) < 4.78 is 7.10. The molecule has 0 spiro atoms. The lowest BCUT2D eigenvalue weighted by molar-refractivity contribution is -0.127. The largest absolute Gasteiger partial charge is 0.444 e. The first-order valence-corrected chi connectivity index (χ1v) is 8.16. The number of carbonyl (C=O) groups excluding carboxylic acids is 2. The number of hydrogen-bond donors (Lipinski definition) is 1. The highest BCUT2D eigenvalue weighted by Gasteiger charge is 2.27. The van der Waals surface area contributed by atoms with Crippen LogP contribution >= 0.6 is 0 Å². The fourth-order valence-corrected chi connectivity index (χ4v) is 2.84. The minimum Gasteiger partial charge on any atom is -0.444 e. The zero-order valence-electron chi connectivity index (χ0n) is 14.5. The molecule has 0 aliphatic carbocycles. The molecule has 0 saturated heterocycles. The Morgan fingerprint density at radius 1 is 1.00 bits per heavy atom. The van der Waals surface area contributed by atoms with Crippen molar-refractivity contribution in [3.63, 3.8) is 0 Å². The van der Waals surface area contributed by atoms with Gasteiger partial charge < -0.3 is 10.5 Å². The van der Waals surface area contributed by atoms with Crippen molar-refractivity contribution < 1.29 is 14.3 Å². The summed E-state index contributed by atoms with van der Waals surface area (Å²) in [6, 6.07) is 18.2. The molecule has 26 heavy (non-hydrogen) atoms. The summed E-state index contributed by atoms with van der Waals surface area (Å²) in [5.74, 6) is -1.36. The Balaban J connectivity index is 1.93. The Bertz CT molecular complexity index is 934. The van der Waals surface area contributed by atoms with Crippen LogP contribution in [-0.2, 0) is 9.53 Å². The summed E-state index contributed by atoms with van der Waals surface area (Å²) in [5, 5.41) is 4.43. The molecule has 1 heterocycles. The molecule has 3 aromatic rings. The highest BCUT2D eigenvalue weighted by Crippen LogP contribution is 2.23. The second kappa shape index (κ2) is 7.23. The zero-order valence-corrected chi connectivity index (χ0v) is 14.5. The molecule has 0 unspecified atom stereocenters. The van der Waals surface area contributed by atoms with Gasteiger partial charge in [0.15, 0.2) is 0 Å². The van der Waals surface area contributed by atoms with Gasteiger partial charge >= 0.3 is 5.97 Å². The normalized spacial score (nSPS) is 11.8. The van der Waals surface area contributed by atoms with E-state index < -0.39 is 18.0 Å². The lowest BCUT2D eigenvalue weighted by Crippen LogP contribution is -2.26. The number of aryl methyl sites for hydroxylation is 1. The zero-order chi connectivity index (χ0) is 18.7. The highest BCUT2D eigenvalue weighted by atomic mass is 16.5. The Kier molecular flexibility index (Phi) is 4.84. The number of nitrogens with zero attached hydrogens (tertiary/aromatic N) is 2. The van der Waals surface area contributed by atoms with Crippen LogP contribution in [0.3, 0.4) is 0 Å². The third-order valence-corrected chi connectivity index (χ3v) is 4.08. The van der Waals surface area contributed by atoms with Crippen molar-refractivity contribution in [3.05, 3.63) is 83.2 Å². The molecule has 2 N–H and O–H groups in total. The average Bonchev–Trinajstić information content (AvgIpc) is 2.95. The van der Waals surface area contributed by atoms with E-state index in [4.69, 9.17) is 10.5 Å². The monoisotopic (exact) mass is 349 g/mol. The van der Waals surface area contributed by atoms with Crippen LogP contribution in [0.1, 0.15) is 33.4 Å². The number of nitrogens with two attached hydrogens (primary N) is 1. The predicted molar refractivity (Wildman–Crippen MR) is 96.8 cm³/mol. The van der Waals surface area contributed by atoms with E-state index in [1.165, 1.54) is 0 Å². The number of rotatable bonds is 5. The SMILES string of the molecule is Cc1nn(-c2ccccc2)c(C)c1C(=O)O[C@H](C(N)=O)c1ccccc1. The van der Waals surface area contributed by atoms with E-state index in [2.05, 4.69) is 5.10 Å². The summed E-state index contributed by atoms with van der Waals surface area (Å²) in [6.07, 6.45) is -1.15. The van der Waals surface area contributed by atoms with Crippen molar-refractivity contribution >= 4 is 11.9 Å². The van der Waals surface area contributed by atoms with Crippen LogP contribution in [-0.4, -0.2) is 21.7 Å². The number of esters is 1. The molecule has 0 bridgehead atoms. The fourth-order valence-electron chi connectivity index (χ4n) is 2.84. The average molecular weight is 349 g/mol. The first-order valence-electron chi connectivity index (χ1n) is 8.16. The molecule has 2 aromatic carbocycles. The summed E-state index contributed by atoms with van der Waals surface area (Å²) in [6.45, 7) is 3.51. The number of carbonyl (C=O) groups is 2. The number of primary amides is 1. The number of aromatic nitrogens is 2. The maximum atomic E-state index is 12.7. The number of benzene rings is 2. The van der Waals surface area contributed by atoms with Gasteiger partial charge in [-0.2, -0.15) is 5.10 Å². The molecule has 1 aromatic heterocycles. The van der Waals surface area contributed by atoms with E-state index in [1.807, 2.05) is 36.4 Å². The van der Waals surface area contributed by atoms with Crippen molar-refractivity contribution in [2.75, 3.05) is 0 Å². The van der Waals surface area contributed by atoms with Gasteiger partial charge in [-0.3, -0.25) is 4.79 Å². The summed E-state index contributed by atoms with van der Waals surface area (Å²) >= 11 is 0. The van der Waals surface area contributed by atoms with E-state index >= 15 is 0 Å². The standard InChI is InChI=1S/C20H19N3O3/c1-13-17(14(2)23(22-13)16-11-7-4-8-12-16)20(25)26-18(19(21)24)15-9-5-3-6-10-15/h3-12,18H,1-2H3,(H2,21,24)/t18-/m0/s1. The highest BCUT2D eigenvalue weighted by molar-refractivity contribution is 5.94. The third-order valence-electron chi connectivity index (χ3n) is 4.08. The Hall–Kier alpha value is -3.41. The van der Waals surface area contributed by atoms with Crippen molar-refractivity contribution in [2.45, 2.75) is 20.0 Å². The summed E-state index contributed by atoms with van der Waals surface area (Å²) in [4.78, 5) is 24.5. The Morgan fingerprint density at radius 3 is 2.15 bits per heavy atom. The molecule has 0 aliphatic rings. The summed E-state index contributed by atoms with van der Waals surface area (Å²) in [5.41, 5.74) is 8.28. The lowest BCUT2D eigenvalue weighted by Gasteiger charge is -2.15. The first-order chi connectivity index (χ1) is 12.5. The minimum absolute atomic E-state index is 0.330. The quantitative estimate of drug-likeness (QED) is 0.718. The molecule has 3 rings (SSSR count). The van der Waals surface area contributed by atoms with Gasteiger partial charge in [-0.15, -0.1) is 0 Å². The number of para-hydroxylation sites is 1. The van der Waals surface area contributed by atoms with E-state index in [0.29, 0.717) is 22.5 Å². The van der Waals surface area contributed by atoms with Crippen molar-refractivity contribution in [2.24, 2.45) is 5.73 Å². The molecule has 0 saturated carbocycles. The molecule has 6 nitrogen and oxygen atoms in total. The van der Waals surface area contributed by atoms with Gasteiger partial charge in [0.1, 0.15) is 5.56 Å². The van der Waals surface area contributed by atoms with Gasteiger partial charge in [0.25, 0.3) is 5.91 Å². The van der Waals surface area contributed by atoms with Gasteiger partial charge in [0, 0.05) is 5.56 Å². The van der Waals surface area contributed by atoms with Crippen LogP contribution in [0.5, 0.6) is 0 Å². The summed E-state index contributed by atoms with van der Waals surface area (Å²) in [7, 11) is 0. The number of ether oxygens (including phenoxy) is 1. The van der Waals surface area contributed by atoms with E-state index in [-0.39, 0.29) is 0 Å².